The Hall–Kier alpha value is -2.10. The lowest BCUT2D eigenvalue weighted by molar-refractivity contribution is 0.0690. The number of hydrogen-bond acceptors (Lipinski definition) is 6. The number of carbonyl (C=O) groups excluding carboxylic acids is 1. The predicted octanol–water partition coefficient (Wildman–Crippen LogP) is 3.91. The predicted molar refractivity (Wildman–Crippen MR) is 102 cm³/mol. The number of thioether (sulfide) groups is 2. The minimum atomic E-state index is -0.510. The zero-order valence-electron chi connectivity index (χ0n) is 13.9. The standard InChI is InChI=1S/C19H17NO3S2/c1-24-19(25-2)8-11-22-17-6-5-14(12-16(17)19)7-10-23-18(21)15-4-3-9-20-13-15/h3-6,9,12-13H,8,11H2,1-2H3. The molecule has 2 heterocycles. The van der Waals surface area contributed by atoms with Crippen molar-refractivity contribution in [2.45, 2.75) is 10.5 Å². The first-order chi connectivity index (χ1) is 12.2. The van der Waals surface area contributed by atoms with Gasteiger partial charge in [-0.25, -0.2) is 4.79 Å². The van der Waals surface area contributed by atoms with Gasteiger partial charge in [-0.1, -0.05) is 0 Å². The van der Waals surface area contributed by atoms with Crippen LogP contribution in [0.1, 0.15) is 27.9 Å². The molecule has 3 rings (SSSR count). The summed E-state index contributed by atoms with van der Waals surface area (Å²) in [5.74, 6) is 3.28. The summed E-state index contributed by atoms with van der Waals surface area (Å²) < 4.78 is 10.7. The van der Waals surface area contributed by atoms with Crippen LogP contribution in [0.2, 0.25) is 0 Å². The fourth-order valence-electron chi connectivity index (χ4n) is 2.64. The molecule has 0 bridgehead atoms. The van der Waals surface area contributed by atoms with Crippen molar-refractivity contribution in [3.05, 3.63) is 59.4 Å². The molecule has 25 heavy (non-hydrogen) atoms. The molecule has 0 aliphatic carbocycles. The first kappa shape index (κ1) is 17.7. The molecule has 0 atom stereocenters. The van der Waals surface area contributed by atoms with Gasteiger partial charge in [-0.15, -0.1) is 23.5 Å². The molecule has 1 aromatic heterocycles. The second kappa shape index (κ2) is 7.85. The first-order valence-corrected chi connectivity index (χ1v) is 10.1. The van der Waals surface area contributed by atoms with Gasteiger partial charge in [0.15, 0.2) is 0 Å². The minimum Gasteiger partial charge on any atom is -0.493 e. The van der Waals surface area contributed by atoms with Crippen molar-refractivity contribution in [2.75, 3.05) is 19.1 Å². The summed E-state index contributed by atoms with van der Waals surface area (Å²) in [7, 11) is 0. The van der Waals surface area contributed by atoms with Crippen LogP contribution in [-0.2, 0) is 8.82 Å². The van der Waals surface area contributed by atoms with Crippen LogP contribution in [0.25, 0.3) is 0 Å². The summed E-state index contributed by atoms with van der Waals surface area (Å²) in [6, 6.07) is 9.14. The van der Waals surface area contributed by atoms with Gasteiger partial charge < -0.3 is 9.47 Å². The van der Waals surface area contributed by atoms with Crippen molar-refractivity contribution in [3.8, 4) is 17.8 Å². The van der Waals surface area contributed by atoms with E-state index in [1.807, 2.05) is 41.7 Å². The maximum absolute atomic E-state index is 11.9. The number of benzene rings is 1. The molecule has 0 spiro atoms. The van der Waals surface area contributed by atoms with Crippen molar-refractivity contribution in [2.24, 2.45) is 0 Å². The van der Waals surface area contributed by atoms with Crippen LogP contribution in [0, 0.1) is 12.0 Å². The third kappa shape index (κ3) is 3.78. The Balaban J connectivity index is 1.80. The molecule has 0 saturated carbocycles. The fourth-order valence-corrected chi connectivity index (χ4v) is 4.64. The number of esters is 1. The van der Waals surface area contributed by atoms with Crippen LogP contribution in [-0.4, -0.2) is 30.1 Å². The Bertz CT molecular complexity index is 824. The highest BCUT2D eigenvalue weighted by molar-refractivity contribution is 8.16. The number of carbonyl (C=O) groups is 1. The van der Waals surface area contributed by atoms with Gasteiger partial charge in [-0.3, -0.25) is 4.98 Å². The van der Waals surface area contributed by atoms with Crippen LogP contribution in [0.5, 0.6) is 5.75 Å². The van der Waals surface area contributed by atoms with Crippen LogP contribution in [0.4, 0.5) is 0 Å². The van der Waals surface area contributed by atoms with Crippen molar-refractivity contribution in [1.82, 2.24) is 4.98 Å². The number of nitrogens with zero attached hydrogens (tertiary/aromatic N) is 1. The second-order valence-corrected chi connectivity index (χ2v) is 7.80. The van der Waals surface area contributed by atoms with E-state index in [2.05, 4.69) is 29.5 Å². The van der Waals surface area contributed by atoms with Crippen molar-refractivity contribution in [1.29, 1.82) is 0 Å². The maximum Gasteiger partial charge on any atom is 0.353 e. The summed E-state index contributed by atoms with van der Waals surface area (Å²) in [5.41, 5.74) is 2.29. The first-order valence-electron chi connectivity index (χ1n) is 7.68. The van der Waals surface area contributed by atoms with E-state index in [0.29, 0.717) is 12.2 Å². The SMILES string of the molecule is CSC1(SC)CCOc2ccc(C#COC(=O)c3cccnc3)cc21. The van der Waals surface area contributed by atoms with Crippen LogP contribution >= 0.6 is 23.5 Å². The van der Waals surface area contributed by atoms with E-state index in [1.54, 1.807) is 18.3 Å². The van der Waals surface area contributed by atoms with Gasteiger partial charge in [0.05, 0.1) is 16.2 Å². The topological polar surface area (TPSA) is 48.4 Å². The lowest BCUT2D eigenvalue weighted by atomic mass is 10.0. The Kier molecular flexibility index (Phi) is 5.57. The lowest BCUT2D eigenvalue weighted by Gasteiger charge is -2.36. The second-order valence-electron chi connectivity index (χ2n) is 5.33. The molecule has 0 unspecified atom stereocenters. The molecule has 1 aliphatic heterocycles. The van der Waals surface area contributed by atoms with E-state index in [1.165, 1.54) is 6.20 Å². The highest BCUT2D eigenvalue weighted by Gasteiger charge is 2.36. The molecule has 1 aliphatic rings. The van der Waals surface area contributed by atoms with Crippen LogP contribution < -0.4 is 4.74 Å². The average Bonchev–Trinajstić information content (AvgIpc) is 2.68. The summed E-state index contributed by atoms with van der Waals surface area (Å²) in [6.45, 7) is 0.711. The number of rotatable bonds is 3. The summed E-state index contributed by atoms with van der Waals surface area (Å²) in [5, 5.41) is 0. The van der Waals surface area contributed by atoms with E-state index in [4.69, 9.17) is 9.47 Å². The van der Waals surface area contributed by atoms with E-state index < -0.39 is 5.97 Å². The Morgan fingerprint density at radius 3 is 2.88 bits per heavy atom. The molecule has 6 heteroatoms. The van der Waals surface area contributed by atoms with Crippen LogP contribution in [0.15, 0.2) is 42.7 Å². The largest absolute Gasteiger partial charge is 0.493 e. The van der Waals surface area contributed by atoms with Gasteiger partial charge in [-0.05, 0) is 48.8 Å². The quantitative estimate of drug-likeness (QED) is 0.463. The van der Waals surface area contributed by atoms with Crippen molar-refractivity contribution >= 4 is 29.5 Å². The lowest BCUT2D eigenvalue weighted by Crippen LogP contribution is -2.26. The smallest absolute Gasteiger partial charge is 0.353 e. The molecule has 1 aromatic carbocycles. The van der Waals surface area contributed by atoms with E-state index in [0.717, 1.165) is 23.3 Å². The molecular formula is C19H17NO3S2. The normalized spacial score (nSPS) is 14.5. The summed E-state index contributed by atoms with van der Waals surface area (Å²) in [6.07, 6.45) is 10.7. The summed E-state index contributed by atoms with van der Waals surface area (Å²) >= 11 is 3.63. The highest BCUT2D eigenvalue weighted by Crippen LogP contribution is 2.52. The number of ether oxygens (including phenoxy) is 2. The maximum atomic E-state index is 11.9. The zero-order chi connectivity index (χ0) is 17.7. The van der Waals surface area contributed by atoms with Crippen molar-refractivity contribution < 1.29 is 14.3 Å². The molecule has 2 aromatic rings. The Morgan fingerprint density at radius 1 is 1.32 bits per heavy atom. The average molecular weight is 371 g/mol. The van der Waals surface area contributed by atoms with Gasteiger partial charge in [0.1, 0.15) is 11.9 Å². The highest BCUT2D eigenvalue weighted by atomic mass is 32.2. The van der Waals surface area contributed by atoms with Crippen LogP contribution in [0.3, 0.4) is 0 Å². The fraction of sp³-hybridized carbons (Fsp3) is 0.263. The molecule has 0 saturated heterocycles. The number of aromatic nitrogens is 1. The van der Waals surface area contributed by atoms with Gasteiger partial charge >= 0.3 is 5.97 Å². The number of pyridine rings is 1. The van der Waals surface area contributed by atoms with E-state index in [9.17, 15) is 4.79 Å². The molecule has 0 radical (unpaired) electrons. The minimum absolute atomic E-state index is 0.0301. The zero-order valence-corrected chi connectivity index (χ0v) is 15.6. The van der Waals surface area contributed by atoms with Gasteiger partial charge in [0.2, 0.25) is 0 Å². The van der Waals surface area contributed by atoms with Crippen molar-refractivity contribution in [3.63, 3.8) is 0 Å². The molecule has 4 nitrogen and oxygen atoms in total. The monoisotopic (exact) mass is 371 g/mol. The number of fused-ring (bicyclic) bond motifs is 1. The third-order valence-corrected chi connectivity index (χ3v) is 7.14. The summed E-state index contributed by atoms with van der Waals surface area (Å²) in [4.78, 5) is 15.8. The molecule has 0 fully saturated rings. The molecule has 0 amide bonds. The molecule has 0 N–H and O–H groups in total. The van der Waals surface area contributed by atoms with Gasteiger partial charge in [0.25, 0.3) is 0 Å². The van der Waals surface area contributed by atoms with Gasteiger partial charge in [0, 0.05) is 29.9 Å². The number of hydrogen-bond donors (Lipinski definition) is 0. The van der Waals surface area contributed by atoms with E-state index >= 15 is 0 Å². The Labute approximate surface area is 155 Å². The third-order valence-electron chi connectivity index (χ3n) is 3.97. The Morgan fingerprint density at radius 2 is 2.16 bits per heavy atom. The van der Waals surface area contributed by atoms with E-state index in [-0.39, 0.29) is 4.08 Å². The molecular weight excluding hydrogens is 354 g/mol. The molecule has 128 valence electrons. The van der Waals surface area contributed by atoms with Gasteiger partial charge in [-0.2, -0.15) is 0 Å².